The third kappa shape index (κ3) is 3.23. The minimum absolute atomic E-state index is 0.153. The zero-order valence-electron chi connectivity index (χ0n) is 13.5. The van der Waals surface area contributed by atoms with Crippen molar-refractivity contribution in [3.63, 3.8) is 0 Å². The summed E-state index contributed by atoms with van der Waals surface area (Å²) in [6.07, 6.45) is 0. The number of amides is 1. The molecule has 0 bridgehead atoms. The highest BCUT2D eigenvalue weighted by Crippen LogP contribution is 2.22. The number of hydrogen-bond donors (Lipinski definition) is 0. The second-order valence-corrected chi connectivity index (χ2v) is 6.05. The van der Waals surface area contributed by atoms with Gasteiger partial charge < -0.3 is 9.64 Å². The van der Waals surface area contributed by atoms with Crippen molar-refractivity contribution >= 4 is 23.2 Å². The van der Waals surface area contributed by atoms with Gasteiger partial charge in [-0.15, -0.1) is 10.2 Å². The van der Waals surface area contributed by atoms with Gasteiger partial charge in [0.15, 0.2) is 5.15 Å². The van der Waals surface area contributed by atoms with Gasteiger partial charge in [-0.25, -0.2) is 4.39 Å². The maximum atomic E-state index is 13.1. The molecular formula is C17H13ClFN5O2. The van der Waals surface area contributed by atoms with E-state index in [2.05, 4.69) is 15.3 Å². The first-order valence-corrected chi connectivity index (χ1v) is 8.24. The zero-order chi connectivity index (χ0) is 18.1. The molecule has 26 heavy (non-hydrogen) atoms. The van der Waals surface area contributed by atoms with Crippen molar-refractivity contribution in [2.75, 3.05) is 11.4 Å². The van der Waals surface area contributed by atoms with Crippen LogP contribution in [0.5, 0.6) is 5.88 Å². The molecule has 0 N–H and O–H groups in total. The Morgan fingerprint density at radius 3 is 2.65 bits per heavy atom. The summed E-state index contributed by atoms with van der Waals surface area (Å²) >= 11 is 5.68. The van der Waals surface area contributed by atoms with Gasteiger partial charge in [0.25, 0.3) is 5.91 Å². The van der Waals surface area contributed by atoms with Gasteiger partial charge in [0.2, 0.25) is 5.88 Å². The average Bonchev–Trinajstić information content (AvgIpc) is 3.07. The Labute approximate surface area is 153 Å². The summed E-state index contributed by atoms with van der Waals surface area (Å²) in [5.41, 5.74) is 1.71. The lowest BCUT2D eigenvalue weighted by molar-refractivity contribution is 0.0962. The Balaban J connectivity index is 1.49. The van der Waals surface area contributed by atoms with Crippen LogP contribution in [0, 0.1) is 5.82 Å². The molecule has 7 nitrogen and oxygen atoms in total. The molecule has 0 unspecified atom stereocenters. The summed E-state index contributed by atoms with van der Waals surface area (Å²) in [4.78, 5) is 14.3. The van der Waals surface area contributed by atoms with Crippen LogP contribution in [0.4, 0.5) is 10.1 Å². The van der Waals surface area contributed by atoms with Crippen molar-refractivity contribution in [3.8, 4) is 5.88 Å². The van der Waals surface area contributed by atoms with Crippen molar-refractivity contribution < 1.29 is 13.9 Å². The smallest absolute Gasteiger partial charge is 0.276 e. The van der Waals surface area contributed by atoms with E-state index < -0.39 is 0 Å². The number of halogens is 2. The molecule has 132 valence electrons. The van der Waals surface area contributed by atoms with Gasteiger partial charge in [0.1, 0.15) is 23.8 Å². The van der Waals surface area contributed by atoms with Crippen LogP contribution in [0.2, 0.25) is 5.15 Å². The molecule has 1 aliphatic heterocycles. The highest BCUT2D eigenvalue weighted by Gasteiger charge is 2.27. The molecule has 0 saturated heterocycles. The van der Waals surface area contributed by atoms with Gasteiger partial charge in [0, 0.05) is 18.3 Å². The van der Waals surface area contributed by atoms with E-state index in [1.54, 1.807) is 39.9 Å². The quantitative estimate of drug-likeness (QED) is 0.703. The number of aromatic nitrogens is 4. The molecule has 3 aromatic rings. The lowest BCUT2D eigenvalue weighted by Crippen LogP contribution is -2.40. The third-order valence-electron chi connectivity index (χ3n) is 3.94. The largest absolute Gasteiger partial charge is 0.470 e. The number of carbonyl (C=O) groups excluding carboxylic acids is 1. The SMILES string of the molecule is O=C1c2cc(COc3ccc(Cl)nn3)nn2CCN1c1ccc(F)cc1. The van der Waals surface area contributed by atoms with Crippen molar-refractivity contribution in [2.24, 2.45) is 0 Å². The monoisotopic (exact) mass is 373 g/mol. The van der Waals surface area contributed by atoms with E-state index in [0.717, 1.165) is 0 Å². The lowest BCUT2D eigenvalue weighted by atomic mass is 10.2. The van der Waals surface area contributed by atoms with Crippen molar-refractivity contribution in [1.82, 2.24) is 20.0 Å². The molecule has 1 amide bonds. The van der Waals surface area contributed by atoms with Gasteiger partial charge in [0.05, 0.1) is 6.54 Å². The van der Waals surface area contributed by atoms with E-state index in [-0.39, 0.29) is 23.5 Å². The maximum absolute atomic E-state index is 13.1. The van der Waals surface area contributed by atoms with E-state index in [9.17, 15) is 9.18 Å². The van der Waals surface area contributed by atoms with E-state index in [0.29, 0.717) is 36.0 Å². The first kappa shape index (κ1) is 16.5. The Morgan fingerprint density at radius 2 is 1.92 bits per heavy atom. The number of hydrogen-bond acceptors (Lipinski definition) is 5. The van der Waals surface area contributed by atoms with E-state index in [1.807, 2.05) is 0 Å². The van der Waals surface area contributed by atoms with E-state index >= 15 is 0 Å². The normalized spacial score (nSPS) is 13.6. The standard InChI is InChI=1S/C17H13ClFN5O2/c18-15-5-6-16(21-20-15)26-10-12-9-14-17(25)23(7-8-24(14)22-12)13-3-1-11(19)2-4-13/h1-6,9H,7-8,10H2. The molecule has 0 spiro atoms. The van der Waals surface area contributed by atoms with Gasteiger partial charge in [-0.2, -0.15) is 5.10 Å². The average molecular weight is 374 g/mol. The van der Waals surface area contributed by atoms with Crippen LogP contribution in [0.15, 0.2) is 42.5 Å². The summed E-state index contributed by atoms with van der Waals surface area (Å²) in [6.45, 7) is 1.15. The molecular weight excluding hydrogens is 361 g/mol. The molecule has 1 aliphatic rings. The first-order chi connectivity index (χ1) is 12.6. The Bertz CT molecular complexity index is 943. The topological polar surface area (TPSA) is 73.1 Å². The zero-order valence-corrected chi connectivity index (χ0v) is 14.2. The summed E-state index contributed by atoms with van der Waals surface area (Å²) in [5.74, 6) is -0.208. The molecule has 0 saturated carbocycles. The minimum Gasteiger partial charge on any atom is -0.470 e. The predicted molar refractivity (Wildman–Crippen MR) is 91.7 cm³/mol. The number of nitrogens with zero attached hydrogens (tertiary/aromatic N) is 5. The summed E-state index contributed by atoms with van der Waals surface area (Å²) in [5, 5.41) is 12.2. The predicted octanol–water partition coefficient (Wildman–Crippen LogP) is 2.71. The van der Waals surface area contributed by atoms with Crippen LogP contribution in [0.3, 0.4) is 0 Å². The lowest BCUT2D eigenvalue weighted by Gasteiger charge is -2.27. The fraction of sp³-hybridized carbons (Fsp3) is 0.176. The minimum atomic E-state index is -0.340. The molecule has 9 heteroatoms. The van der Waals surface area contributed by atoms with Crippen LogP contribution in [0.1, 0.15) is 16.2 Å². The Morgan fingerprint density at radius 1 is 1.12 bits per heavy atom. The molecule has 4 rings (SSSR count). The number of ether oxygens (including phenoxy) is 1. The van der Waals surface area contributed by atoms with E-state index in [1.165, 1.54) is 12.1 Å². The molecule has 2 aromatic heterocycles. The van der Waals surface area contributed by atoms with Crippen LogP contribution in [-0.4, -0.2) is 32.4 Å². The van der Waals surface area contributed by atoms with Gasteiger partial charge in [-0.3, -0.25) is 9.48 Å². The van der Waals surface area contributed by atoms with Gasteiger partial charge in [-0.05, 0) is 36.4 Å². The molecule has 0 radical (unpaired) electrons. The Kier molecular flexibility index (Phi) is 4.26. The van der Waals surface area contributed by atoms with Crippen LogP contribution >= 0.6 is 11.6 Å². The fourth-order valence-electron chi connectivity index (χ4n) is 2.71. The summed E-state index contributed by atoms with van der Waals surface area (Å²) in [6, 6.07) is 10.7. The first-order valence-electron chi connectivity index (χ1n) is 7.86. The van der Waals surface area contributed by atoms with Crippen molar-refractivity contribution in [1.29, 1.82) is 0 Å². The fourth-order valence-corrected chi connectivity index (χ4v) is 2.81. The highest BCUT2D eigenvalue weighted by molar-refractivity contribution is 6.29. The van der Waals surface area contributed by atoms with Crippen molar-refractivity contribution in [3.05, 3.63) is 64.8 Å². The summed E-state index contributed by atoms with van der Waals surface area (Å²) in [7, 11) is 0. The number of anilines is 1. The van der Waals surface area contributed by atoms with Crippen LogP contribution in [-0.2, 0) is 13.2 Å². The Hall–Kier alpha value is -3.00. The summed E-state index contributed by atoms with van der Waals surface area (Å²) < 4.78 is 20.2. The molecule has 1 aromatic carbocycles. The van der Waals surface area contributed by atoms with Gasteiger partial charge in [-0.1, -0.05) is 11.6 Å². The number of rotatable bonds is 4. The van der Waals surface area contributed by atoms with Crippen LogP contribution < -0.4 is 9.64 Å². The van der Waals surface area contributed by atoms with Gasteiger partial charge >= 0.3 is 0 Å². The molecule has 0 atom stereocenters. The van der Waals surface area contributed by atoms with Crippen LogP contribution in [0.25, 0.3) is 0 Å². The number of fused-ring (bicyclic) bond motifs is 1. The second kappa shape index (κ2) is 6.72. The number of benzene rings is 1. The highest BCUT2D eigenvalue weighted by atomic mass is 35.5. The number of carbonyl (C=O) groups is 1. The second-order valence-electron chi connectivity index (χ2n) is 5.66. The molecule has 0 aliphatic carbocycles. The van der Waals surface area contributed by atoms with Crippen molar-refractivity contribution in [2.45, 2.75) is 13.2 Å². The molecule has 3 heterocycles. The third-order valence-corrected chi connectivity index (χ3v) is 4.15. The molecule has 0 fully saturated rings. The van der Waals surface area contributed by atoms with E-state index in [4.69, 9.17) is 16.3 Å². The maximum Gasteiger partial charge on any atom is 0.276 e.